The fourth-order valence-electron chi connectivity index (χ4n) is 2.17. The minimum Gasteiger partial charge on any atom is -0.326 e. The maximum atomic E-state index is 12.2. The summed E-state index contributed by atoms with van der Waals surface area (Å²) in [6.07, 6.45) is 0.270. The summed E-state index contributed by atoms with van der Waals surface area (Å²) in [7, 11) is -3.57. The zero-order chi connectivity index (χ0) is 17.8. The van der Waals surface area contributed by atoms with Crippen LogP contribution >= 0.6 is 0 Å². The molecule has 0 radical (unpaired) electrons. The lowest BCUT2D eigenvalue weighted by atomic mass is 10.1. The Kier molecular flexibility index (Phi) is 5.41. The summed E-state index contributed by atoms with van der Waals surface area (Å²) in [6, 6.07) is 15.5. The van der Waals surface area contributed by atoms with Crippen molar-refractivity contribution in [3.05, 3.63) is 60.2 Å². The number of nitrogens with one attached hydrogen (secondary N) is 2. The molecule has 5 nitrogen and oxygen atoms in total. The van der Waals surface area contributed by atoms with E-state index < -0.39 is 15.6 Å². The molecule has 0 heterocycles. The molecule has 0 saturated carbocycles. The molecular weight excluding hydrogens is 324 g/mol. The lowest BCUT2D eigenvalue weighted by Gasteiger charge is -2.20. The summed E-state index contributed by atoms with van der Waals surface area (Å²) in [6.45, 7) is 5.34. The van der Waals surface area contributed by atoms with E-state index in [9.17, 15) is 13.2 Å². The van der Waals surface area contributed by atoms with Crippen LogP contribution in [0.15, 0.2) is 59.5 Å². The van der Waals surface area contributed by atoms with Crippen LogP contribution in [0.5, 0.6) is 0 Å². The van der Waals surface area contributed by atoms with Crippen LogP contribution in [0, 0.1) is 0 Å². The number of hydrogen-bond donors (Lipinski definition) is 2. The smallest absolute Gasteiger partial charge is 0.241 e. The molecule has 0 fully saturated rings. The van der Waals surface area contributed by atoms with Gasteiger partial charge in [0, 0.05) is 11.2 Å². The standard InChI is InChI=1S/C18H22N2O3S/c1-18(2,3)20-24(22,23)16-11-9-15(10-12-16)19-17(21)13-14-7-5-4-6-8-14/h4-12,20H,13H2,1-3H3,(H,19,21). The Morgan fingerprint density at radius 2 is 1.54 bits per heavy atom. The van der Waals surface area contributed by atoms with Gasteiger partial charge in [-0.25, -0.2) is 13.1 Å². The highest BCUT2D eigenvalue weighted by molar-refractivity contribution is 7.89. The lowest BCUT2D eigenvalue weighted by Crippen LogP contribution is -2.40. The van der Waals surface area contributed by atoms with Gasteiger partial charge in [0.2, 0.25) is 15.9 Å². The molecular formula is C18H22N2O3S. The van der Waals surface area contributed by atoms with E-state index in [1.807, 2.05) is 30.3 Å². The third-order valence-corrected chi connectivity index (χ3v) is 4.87. The van der Waals surface area contributed by atoms with E-state index in [1.54, 1.807) is 32.9 Å². The van der Waals surface area contributed by atoms with E-state index in [2.05, 4.69) is 10.0 Å². The van der Waals surface area contributed by atoms with Crippen LogP contribution in [-0.4, -0.2) is 19.9 Å². The maximum absolute atomic E-state index is 12.2. The Hall–Kier alpha value is -2.18. The summed E-state index contributed by atoms with van der Waals surface area (Å²) in [5, 5.41) is 2.76. The first kappa shape index (κ1) is 18.2. The molecule has 1 amide bonds. The van der Waals surface area contributed by atoms with E-state index in [0.717, 1.165) is 5.56 Å². The number of rotatable bonds is 5. The zero-order valence-corrected chi connectivity index (χ0v) is 14.9. The van der Waals surface area contributed by atoms with Gasteiger partial charge >= 0.3 is 0 Å². The van der Waals surface area contributed by atoms with Crippen molar-refractivity contribution in [2.24, 2.45) is 0 Å². The number of carbonyl (C=O) groups excluding carboxylic acids is 1. The first-order valence-electron chi connectivity index (χ1n) is 7.63. The van der Waals surface area contributed by atoms with E-state index >= 15 is 0 Å². The summed E-state index contributed by atoms with van der Waals surface area (Å²) < 4.78 is 27.0. The molecule has 0 saturated heterocycles. The molecule has 2 aromatic carbocycles. The molecule has 0 atom stereocenters. The van der Waals surface area contributed by atoms with E-state index in [-0.39, 0.29) is 17.2 Å². The second kappa shape index (κ2) is 7.15. The number of sulfonamides is 1. The second-order valence-electron chi connectivity index (χ2n) is 6.59. The molecule has 0 spiro atoms. The highest BCUT2D eigenvalue weighted by Crippen LogP contribution is 2.16. The third-order valence-electron chi connectivity index (χ3n) is 3.10. The molecule has 128 valence electrons. The highest BCUT2D eigenvalue weighted by atomic mass is 32.2. The van der Waals surface area contributed by atoms with Gasteiger partial charge in [0.05, 0.1) is 11.3 Å². The normalized spacial score (nSPS) is 12.0. The quantitative estimate of drug-likeness (QED) is 0.874. The topological polar surface area (TPSA) is 75.3 Å². The Morgan fingerprint density at radius 3 is 2.08 bits per heavy atom. The van der Waals surface area contributed by atoms with Gasteiger partial charge in [0.15, 0.2) is 0 Å². The minimum atomic E-state index is -3.57. The number of benzene rings is 2. The average Bonchev–Trinajstić information content (AvgIpc) is 2.46. The molecule has 0 aliphatic rings. The third kappa shape index (κ3) is 5.47. The van der Waals surface area contributed by atoms with Crippen molar-refractivity contribution in [2.75, 3.05) is 5.32 Å². The van der Waals surface area contributed by atoms with E-state index in [4.69, 9.17) is 0 Å². The Balaban J connectivity index is 2.03. The van der Waals surface area contributed by atoms with Gasteiger partial charge in [-0.2, -0.15) is 0 Å². The van der Waals surface area contributed by atoms with E-state index in [1.165, 1.54) is 12.1 Å². The van der Waals surface area contributed by atoms with Gasteiger partial charge in [-0.3, -0.25) is 4.79 Å². The number of hydrogen-bond acceptors (Lipinski definition) is 3. The fraction of sp³-hybridized carbons (Fsp3) is 0.278. The molecule has 2 aromatic rings. The molecule has 24 heavy (non-hydrogen) atoms. The van der Waals surface area contributed by atoms with Crippen molar-refractivity contribution in [3.63, 3.8) is 0 Å². The molecule has 6 heteroatoms. The summed E-state index contributed by atoms with van der Waals surface area (Å²) in [5.74, 6) is -0.148. The van der Waals surface area contributed by atoms with Gasteiger partial charge in [-0.1, -0.05) is 30.3 Å². The van der Waals surface area contributed by atoms with Crippen molar-refractivity contribution in [2.45, 2.75) is 37.6 Å². The number of amides is 1. The highest BCUT2D eigenvalue weighted by Gasteiger charge is 2.21. The van der Waals surface area contributed by atoms with Crippen molar-refractivity contribution < 1.29 is 13.2 Å². The van der Waals surface area contributed by atoms with Gasteiger partial charge in [-0.15, -0.1) is 0 Å². The van der Waals surface area contributed by atoms with Crippen LogP contribution in [0.2, 0.25) is 0 Å². The SMILES string of the molecule is CC(C)(C)NS(=O)(=O)c1ccc(NC(=O)Cc2ccccc2)cc1. The predicted octanol–water partition coefficient (Wildman–Crippen LogP) is 2.94. The van der Waals surface area contributed by atoms with Gasteiger partial charge in [0.25, 0.3) is 0 Å². The zero-order valence-electron chi connectivity index (χ0n) is 14.0. The maximum Gasteiger partial charge on any atom is 0.241 e. The molecule has 0 bridgehead atoms. The van der Waals surface area contributed by atoms with Gasteiger partial charge < -0.3 is 5.32 Å². The van der Waals surface area contributed by atoms with Crippen LogP contribution in [0.4, 0.5) is 5.69 Å². The lowest BCUT2D eigenvalue weighted by molar-refractivity contribution is -0.115. The van der Waals surface area contributed by atoms with E-state index in [0.29, 0.717) is 5.69 Å². The Morgan fingerprint density at radius 1 is 0.958 bits per heavy atom. The Bertz CT molecular complexity index is 792. The van der Waals surface area contributed by atoms with Crippen LogP contribution in [-0.2, 0) is 21.2 Å². The van der Waals surface area contributed by atoms with Crippen molar-refractivity contribution in [1.82, 2.24) is 4.72 Å². The number of anilines is 1. The molecule has 0 aliphatic heterocycles. The first-order valence-corrected chi connectivity index (χ1v) is 9.12. The Labute approximate surface area is 143 Å². The van der Waals surface area contributed by atoms with Crippen LogP contribution < -0.4 is 10.0 Å². The largest absolute Gasteiger partial charge is 0.326 e. The summed E-state index contributed by atoms with van der Waals surface area (Å²) in [5.41, 5.74) is 0.927. The number of carbonyl (C=O) groups is 1. The van der Waals surface area contributed by atoms with Crippen LogP contribution in [0.1, 0.15) is 26.3 Å². The summed E-state index contributed by atoms with van der Waals surface area (Å²) >= 11 is 0. The minimum absolute atomic E-state index is 0.148. The molecule has 2 N–H and O–H groups in total. The monoisotopic (exact) mass is 346 g/mol. The van der Waals surface area contributed by atoms with Gasteiger partial charge in [-0.05, 0) is 50.6 Å². The van der Waals surface area contributed by atoms with Crippen molar-refractivity contribution >= 4 is 21.6 Å². The van der Waals surface area contributed by atoms with Crippen LogP contribution in [0.3, 0.4) is 0 Å². The first-order chi connectivity index (χ1) is 11.2. The molecule has 0 aromatic heterocycles. The second-order valence-corrected chi connectivity index (χ2v) is 8.27. The molecule has 2 rings (SSSR count). The molecule has 0 aliphatic carbocycles. The van der Waals surface area contributed by atoms with Crippen molar-refractivity contribution in [1.29, 1.82) is 0 Å². The average molecular weight is 346 g/mol. The molecule has 0 unspecified atom stereocenters. The fourth-order valence-corrected chi connectivity index (χ4v) is 3.58. The van der Waals surface area contributed by atoms with Gasteiger partial charge in [0.1, 0.15) is 0 Å². The summed E-state index contributed by atoms with van der Waals surface area (Å²) in [4.78, 5) is 12.2. The van der Waals surface area contributed by atoms with Crippen molar-refractivity contribution in [3.8, 4) is 0 Å². The van der Waals surface area contributed by atoms with Crippen LogP contribution in [0.25, 0.3) is 0 Å². The predicted molar refractivity (Wildman–Crippen MR) is 95.3 cm³/mol.